The third kappa shape index (κ3) is 10.2. The van der Waals surface area contributed by atoms with Crippen LogP contribution in [-0.2, 0) is 16.0 Å². The summed E-state index contributed by atoms with van der Waals surface area (Å²) >= 11 is 0. The lowest BCUT2D eigenvalue weighted by Crippen LogP contribution is -2.38. The van der Waals surface area contributed by atoms with Gasteiger partial charge in [-0.15, -0.1) is 0 Å². The van der Waals surface area contributed by atoms with Gasteiger partial charge < -0.3 is 29.0 Å². The van der Waals surface area contributed by atoms with Gasteiger partial charge in [0.05, 0.1) is 13.2 Å². The van der Waals surface area contributed by atoms with E-state index in [4.69, 9.17) is 18.9 Å². The number of carbonyl (C=O) groups excluding carboxylic acids is 1. The van der Waals surface area contributed by atoms with E-state index in [0.717, 1.165) is 5.56 Å². The van der Waals surface area contributed by atoms with Gasteiger partial charge >= 0.3 is 12.1 Å². The summed E-state index contributed by atoms with van der Waals surface area (Å²) in [6.45, 7) is 2.98. The molecule has 1 unspecified atom stereocenters. The molecule has 1 N–H and O–H groups in total. The number of rotatable bonds is 15. The van der Waals surface area contributed by atoms with E-state index in [1.54, 1.807) is 31.2 Å². The van der Waals surface area contributed by atoms with E-state index in [0.29, 0.717) is 24.5 Å². The van der Waals surface area contributed by atoms with Crippen LogP contribution in [0.3, 0.4) is 0 Å². The number of nitrogens with zero attached hydrogens (tertiary/aromatic N) is 1. The van der Waals surface area contributed by atoms with Gasteiger partial charge in [0.25, 0.3) is 0 Å². The van der Waals surface area contributed by atoms with Crippen molar-refractivity contribution in [1.82, 2.24) is 4.90 Å². The molecule has 0 radical (unpaired) electrons. The summed E-state index contributed by atoms with van der Waals surface area (Å²) in [5.41, 5.74) is 0.786. The minimum absolute atomic E-state index is 0.160. The van der Waals surface area contributed by atoms with Gasteiger partial charge in [0.2, 0.25) is 0 Å². The molecule has 0 aliphatic carbocycles. The molecule has 3 aromatic rings. The number of halogens is 2. The van der Waals surface area contributed by atoms with Crippen LogP contribution in [-0.4, -0.2) is 61.1 Å². The average Bonchev–Trinajstić information content (AvgIpc) is 2.92. The Balaban J connectivity index is 1.53. The average molecular weight is 544 g/mol. The first kappa shape index (κ1) is 29.4. The van der Waals surface area contributed by atoms with Crippen molar-refractivity contribution in [3.05, 3.63) is 90.0 Å². The van der Waals surface area contributed by atoms with Crippen molar-refractivity contribution in [3.8, 4) is 17.2 Å². The second-order valence-corrected chi connectivity index (χ2v) is 8.44. The lowest BCUT2D eigenvalue weighted by molar-refractivity contribution is -0.149. The maximum atomic E-state index is 13.2. The summed E-state index contributed by atoms with van der Waals surface area (Å²) in [7, 11) is 0. The molecule has 0 heterocycles. The summed E-state index contributed by atoms with van der Waals surface area (Å²) in [5, 5.41) is 9.25. The van der Waals surface area contributed by atoms with Gasteiger partial charge in [0.15, 0.2) is 6.10 Å². The third-order valence-electron chi connectivity index (χ3n) is 5.55. The fourth-order valence-electron chi connectivity index (χ4n) is 3.57. The topological polar surface area (TPSA) is 94.5 Å². The van der Waals surface area contributed by atoms with Crippen LogP contribution in [0.5, 0.6) is 17.2 Å². The summed E-state index contributed by atoms with van der Waals surface area (Å²) < 4.78 is 48.3. The van der Waals surface area contributed by atoms with E-state index in [2.05, 4.69) is 0 Å². The maximum Gasteiger partial charge on any atom is 0.415 e. The number of amides is 1. The Kier molecular flexibility index (Phi) is 11.5. The van der Waals surface area contributed by atoms with Gasteiger partial charge in [-0.25, -0.2) is 18.4 Å². The summed E-state index contributed by atoms with van der Waals surface area (Å²) in [5.74, 6) is -0.555. The molecule has 39 heavy (non-hydrogen) atoms. The van der Waals surface area contributed by atoms with Crippen molar-refractivity contribution in [2.45, 2.75) is 25.9 Å². The summed E-state index contributed by atoms with van der Waals surface area (Å²) in [6, 6.07) is 17.7. The van der Waals surface area contributed by atoms with Crippen LogP contribution in [0.4, 0.5) is 13.6 Å². The monoisotopic (exact) mass is 543 g/mol. The predicted molar refractivity (Wildman–Crippen MR) is 139 cm³/mol. The van der Waals surface area contributed by atoms with Crippen molar-refractivity contribution in [2.24, 2.45) is 0 Å². The van der Waals surface area contributed by atoms with Crippen molar-refractivity contribution >= 4 is 12.1 Å². The fraction of sp³-hybridized carbons (Fsp3) is 0.310. The van der Waals surface area contributed by atoms with E-state index < -0.39 is 24.0 Å². The number of hydrogen-bond donors (Lipinski definition) is 1. The van der Waals surface area contributed by atoms with Crippen LogP contribution < -0.4 is 14.2 Å². The number of aliphatic carboxylic acids is 1. The van der Waals surface area contributed by atoms with Gasteiger partial charge in [0, 0.05) is 19.6 Å². The number of ether oxygens (including phenoxy) is 4. The molecule has 1 atom stereocenters. The molecular formula is C29H31F2NO7. The molecule has 0 aliphatic heterocycles. The highest BCUT2D eigenvalue weighted by Gasteiger charge is 2.18. The lowest BCUT2D eigenvalue weighted by atomic mass is 10.1. The Morgan fingerprint density at radius 2 is 1.33 bits per heavy atom. The molecule has 0 fully saturated rings. The first-order valence-electron chi connectivity index (χ1n) is 12.5. The number of carboxylic acid groups (broad SMARTS) is 1. The zero-order valence-electron chi connectivity index (χ0n) is 21.6. The summed E-state index contributed by atoms with van der Waals surface area (Å²) in [6.07, 6.45) is -0.853. The molecule has 0 saturated heterocycles. The third-order valence-corrected chi connectivity index (χ3v) is 5.55. The second-order valence-electron chi connectivity index (χ2n) is 8.44. The number of carbonyl (C=O) groups is 2. The molecule has 10 heteroatoms. The number of benzene rings is 3. The Morgan fingerprint density at radius 1 is 0.795 bits per heavy atom. The molecule has 8 nitrogen and oxygen atoms in total. The van der Waals surface area contributed by atoms with Crippen molar-refractivity contribution in [2.75, 3.05) is 32.9 Å². The molecule has 0 aliphatic rings. The molecule has 0 saturated carbocycles. The van der Waals surface area contributed by atoms with Crippen LogP contribution in [0.2, 0.25) is 0 Å². The van der Waals surface area contributed by atoms with Gasteiger partial charge in [-0.2, -0.15) is 0 Å². The molecule has 0 aromatic heterocycles. The molecule has 0 bridgehead atoms. The van der Waals surface area contributed by atoms with Crippen molar-refractivity contribution < 1.29 is 42.4 Å². The lowest BCUT2D eigenvalue weighted by Gasteiger charge is -2.22. The van der Waals surface area contributed by atoms with E-state index in [1.165, 1.54) is 53.4 Å². The van der Waals surface area contributed by atoms with Crippen LogP contribution in [0, 0.1) is 11.6 Å². The quantitative estimate of drug-likeness (QED) is 0.259. The van der Waals surface area contributed by atoms with Crippen LogP contribution in [0.1, 0.15) is 18.9 Å². The Bertz CT molecular complexity index is 1170. The van der Waals surface area contributed by atoms with E-state index in [-0.39, 0.29) is 44.3 Å². The van der Waals surface area contributed by atoms with Gasteiger partial charge in [-0.3, -0.25) is 0 Å². The standard InChI is InChI=1S/C29H31F2NO7/c1-2-36-27(28(33)34)20-21-4-10-24(11-5-21)38-19-17-32(29(35)39-26-14-8-23(31)9-15-26)16-3-18-37-25-12-6-22(30)7-13-25/h4-15,27H,2-3,16-20H2,1H3,(H,33,34). The van der Waals surface area contributed by atoms with Gasteiger partial charge in [-0.05, 0) is 79.6 Å². The molecule has 0 spiro atoms. The highest BCUT2D eigenvalue weighted by molar-refractivity contribution is 5.72. The van der Waals surface area contributed by atoms with E-state index in [9.17, 15) is 23.5 Å². The molecule has 3 aromatic carbocycles. The van der Waals surface area contributed by atoms with Crippen LogP contribution >= 0.6 is 0 Å². The SMILES string of the molecule is CCOC(Cc1ccc(OCCN(CCCOc2ccc(F)cc2)C(=O)Oc2ccc(F)cc2)cc1)C(=O)O. The maximum absolute atomic E-state index is 13.2. The zero-order valence-corrected chi connectivity index (χ0v) is 21.6. The molecular weight excluding hydrogens is 512 g/mol. The molecule has 1 amide bonds. The Hall–Kier alpha value is -4.18. The molecule has 3 rings (SSSR count). The van der Waals surface area contributed by atoms with E-state index >= 15 is 0 Å². The van der Waals surface area contributed by atoms with Gasteiger partial charge in [0.1, 0.15) is 35.5 Å². The van der Waals surface area contributed by atoms with Crippen molar-refractivity contribution in [1.29, 1.82) is 0 Å². The fourth-order valence-corrected chi connectivity index (χ4v) is 3.57. The van der Waals surface area contributed by atoms with Crippen molar-refractivity contribution in [3.63, 3.8) is 0 Å². The number of carboxylic acids is 1. The Morgan fingerprint density at radius 3 is 1.90 bits per heavy atom. The highest BCUT2D eigenvalue weighted by atomic mass is 19.1. The summed E-state index contributed by atoms with van der Waals surface area (Å²) in [4.78, 5) is 25.6. The second kappa shape index (κ2) is 15.3. The minimum Gasteiger partial charge on any atom is -0.494 e. The first-order chi connectivity index (χ1) is 18.8. The smallest absolute Gasteiger partial charge is 0.415 e. The van der Waals surface area contributed by atoms with Gasteiger partial charge in [-0.1, -0.05) is 12.1 Å². The molecule has 208 valence electrons. The minimum atomic E-state index is -1.02. The predicted octanol–water partition coefficient (Wildman–Crippen LogP) is 5.35. The first-order valence-corrected chi connectivity index (χ1v) is 12.5. The Labute approximate surface area is 225 Å². The van der Waals surface area contributed by atoms with E-state index in [1.807, 2.05) is 0 Å². The largest absolute Gasteiger partial charge is 0.494 e. The van der Waals surface area contributed by atoms with Crippen LogP contribution in [0.25, 0.3) is 0 Å². The van der Waals surface area contributed by atoms with Crippen LogP contribution in [0.15, 0.2) is 72.8 Å². The normalized spacial score (nSPS) is 11.5. The zero-order chi connectivity index (χ0) is 28.0. The highest BCUT2D eigenvalue weighted by Crippen LogP contribution is 2.16. The number of hydrogen-bond acceptors (Lipinski definition) is 6.